The highest BCUT2D eigenvalue weighted by Gasteiger charge is 2.31. The van der Waals surface area contributed by atoms with Crippen molar-refractivity contribution in [1.29, 1.82) is 0 Å². The SMILES string of the molecule is CC(C)(C(=O)NCCc1ccccc1)c1ccc2c(c1)OCO2. The summed E-state index contributed by atoms with van der Waals surface area (Å²) in [7, 11) is 0. The van der Waals surface area contributed by atoms with Gasteiger partial charge in [-0.05, 0) is 43.5 Å². The van der Waals surface area contributed by atoms with Crippen molar-refractivity contribution in [3.05, 3.63) is 59.7 Å². The van der Waals surface area contributed by atoms with E-state index in [4.69, 9.17) is 9.47 Å². The summed E-state index contributed by atoms with van der Waals surface area (Å²) in [4.78, 5) is 12.6. The standard InChI is InChI=1S/C19H21NO3/c1-19(2,15-8-9-16-17(12-15)23-13-22-16)18(21)20-11-10-14-6-4-3-5-7-14/h3-9,12H,10-11,13H2,1-2H3,(H,20,21). The molecule has 2 aromatic carbocycles. The summed E-state index contributed by atoms with van der Waals surface area (Å²) >= 11 is 0. The van der Waals surface area contributed by atoms with Crippen LogP contribution in [0, 0.1) is 0 Å². The third-order valence-electron chi connectivity index (χ3n) is 4.20. The first kappa shape index (κ1) is 15.4. The molecule has 3 rings (SSSR count). The minimum absolute atomic E-state index is 0.00676. The highest BCUT2D eigenvalue weighted by Crippen LogP contribution is 2.36. The van der Waals surface area contributed by atoms with Crippen LogP contribution in [0.5, 0.6) is 11.5 Å². The summed E-state index contributed by atoms with van der Waals surface area (Å²) in [6.07, 6.45) is 0.823. The molecule has 0 unspecified atom stereocenters. The van der Waals surface area contributed by atoms with Gasteiger partial charge in [0, 0.05) is 6.54 Å². The predicted octanol–water partition coefficient (Wildman–Crippen LogP) is 3.05. The van der Waals surface area contributed by atoms with Crippen molar-refractivity contribution in [1.82, 2.24) is 5.32 Å². The number of amides is 1. The van der Waals surface area contributed by atoms with E-state index in [1.807, 2.05) is 50.2 Å². The molecule has 0 aromatic heterocycles. The van der Waals surface area contributed by atoms with Gasteiger partial charge in [-0.15, -0.1) is 0 Å². The number of ether oxygens (including phenoxy) is 2. The average molecular weight is 311 g/mol. The Morgan fingerprint density at radius 1 is 1.09 bits per heavy atom. The second-order valence-electron chi connectivity index (χ2n) is 6.18. The fourth-order valence-corrected chi connectivity index (χ4v) is 2.60. The summed E-state index contributed by atoms with van der Waals surface area (Å²) in [6.45, 7) is 4.70. The van der Waals surface area contributed by atoms with E-state index in [1.165, 1.54) is 5.56 Å². The van der Waals surface area contributed by atoms with Gasteiger partial charge in [-0.25, -0.2) is 0 Å². The number of hydrogen-bond donors (Lipinski definition) is 1. The van der Waals surface area contributed by atoms with Crippen molar-refractivity contribution in [3.63, 3.8) is 0 Å². The molecule has 4 nitrogen and oxygen atoms in total. The van der Waals surface area contributed by atoms with Gasteiger partial charge in [-0.1, -0.05) is 36.4 Å². The van der Waals surface area contributed by atoms with Crippen LogP contribution in [0.15, 0.2) is 48.5 Å². The summed E-state index contributed by atoms with van der Waals surface area (Å²) in [5, 5.41) is 3.03. The zero-order valence-corrected chi connectivity index (χ0v) is 13.5. The first-order valence-corrected chi connectivity index (χ1v) is 7.80. The smallest absolute Gasteiger partial charge is 0.231 e. The minimum Gasteiger partial charge on any atom is -0.454 e. The van der Waals surface area contributed by atoms with E-state index in [0.717, 1.165) is 17.7 Å². The van der Waals surface area contributed by atoms with Gasteiger partial charge in [0.2, 0.25) is 12.7 Å². The number of benzene rings is 2. The molecule has 0 atom stereocenters. The van der Waals surface area contributed by atoms with Crippen LogP contribution >= 0.6 is 0 Å². The molecule has 2 aromatic rings. The van der Waals surface area contributed by atoms with Gasteiger partial charge in [-0.3, -0.25) is 4.79 Å². The molecule has 0 fully saturated rings. The van der Waals surface area contributed by atoms with Gasteiger partial charge in [0.25, 0.3) is 0 Å². The van der Waals surface area contributed by atoms with Crippen LogP contribution in [0.4, 0.5) is 0 Å². The predicted molar refractivity (Wildman–Crippen MR) is 88.7 cm³/mol. The van der Waals surface area contributed by atoms with Gasteiger partial charge >= 0.3 is 0 Å². The Bertz CT molecular complexity index is 695. The topological polar surface area (TPSA) is 47.6 Å². The van der Waals surface area contributed by atoms with Gasteiger partial charge in [0.15, 0.2) is 11.5 Å². The van der Waals surface area contributed by atoms with Crippen molar-refractivity contribution < 1.29 is 14.3 Å². The van der Waals surface area contributed by atoms with E-state index in [-0.39, 0.29) is 12.7 Å². The molecule has 1 aliphatic rings. The molecule has 0 bridgehead atoms. The first-order chi connectivity index (χ1) is 11.1. The van der Waals surface area contributed by atoms with Gasteiger partial charge < -0.3 is 14.8 Å². The third kappa shape index (κ3) is 3.31. The Hall–Kier alpha value is -2.49. The number of carbonyl (C=O) groups excluding carboxylic acids is 1. The fraction of sp³-hybridized carbons (Fsp3) is 0.316. The molecule has 1 amide bonds. The van der Waals surface area contributed by atoms with Crippen LogP contribution in [0.3, 0.4) is 0 Å². The van der Waals surface area contributed by atoms with E-state index in [9.17, 15) is 4.79 Å². The molecular formula is C19H21NO3. The molecule has 0 saturated carbocycles. The highest BCUT2D eigenvalue weighted by atomic mass is 16.7. The molecule has 23 heavy (non-hydrogen) atoms. The number of hydrogen-bond acceptors (Lipinski definition) is 3. The highest BCUT2D eigenvalue weighted by molar-refractivity contribution is 5.87. The zero-order chi connectivity index (χ0) is 16.3. The lowest BCUT2D eigenvalue weighted by Crippen LogP contribution is -2.40. The maximum Gasteiger partial charge on any atom is 0.231 e. The monoisotopic (exact) mass is 311 g/mol. The molecule has 1 N–H and O–H groups in total. The van der Waals surface area contributed by atoms with Crippen LogP contribution in [0.1, 0.15) is 25.0 Å². The van der Waals surface area contributed by atoms with E-state index >= 15 is 0 Å². The second kappa shape index (κ2) is 6.32. The fourth-order valence-electron chi connectivity index (χ4n) is 2.60. The van der Waals surface area contributed by atoms with Crippen LogP contribution in [0.25, 0.3) is 0 Å². The lowest BCUT2D eigenvalue weighted by molar-refractivity contribution is -0.125. The molecular weight excluding hydrogens is 290 g/mol. The lowest BCUT2D eigenvalue weighted by Gasteiger charge is -2.24. The second-order valence-corrected chi connectivity index (χ2v) is 6.18. The molecule has 4 heteroatoms. The van der Waals surface area contributed by atoms with Crippen molar-refractivity contribution in [2.24, 2.45) is 0 Å². The van der Waals surface area contributed by atoms with Crippen molar-refractivity contribution in [2.45, 2.75) is 25.7 Å². The summed E-state index contributed by atoms with van der Waals surface area (Å²) < 4.78 is 10.7. The Morgan fingerprint density at radius 2 is 1.83 bits per heavy atom. The zero-order valence-electron chi connectivity index (χ0n) is 13.5. The van der Waals surface area contributed by atoms with Crippen molar-refractivity contribution in [3.8, 4) is 11.5 Å². The quantitative estimate of drug-likeness (QED) is 0.923. The average Bonchev–Trinajstić information content (AvgIpc) is 3.03. The van der Waals surface area contributed by atoms with Crippen molar-refractivity contribution in [2.75, 3.05) is 13.3 Å². The van der Waals surface area contributed by atoms with Crippen LogP contribution < -0.4 is 14.8 Å². The van der Waals surface area contributed by atoms with E-state index < -0.39 is 5.41 Å². The molecule has 120 valence electrons. The van der Waals surface area contributed by atoms with Gasteiger partial charge in [-0.2, -0.15) is 0 Å². The molecule has 0 spiro atoms. The Labute approximate surface area is 136 Å². The third-order valence-corrected chi connectivity index (χ3v) is 4.20. The molecule has 1 heterocycles. The van der Waals surface area contributed by atoms with Crippen LogP contribution in [-0.4, -0.2) is 19.2 Å². The van der Waals surface area contributed by atoms with E-state index in [0.29, 0.717) is 12.3 Å². The number of fused-ring (bicyclic) bond motifs is 1. The minimum atomic E-state index is -0.627. The summed E-state index contributed by atoms with van der Waals surface area (Å²) in [6, 6.07) is 15.8. The maximum atomic E-state index is 12.6. The van der Waals surface area contributed by atoms with Crippen LogP contribution in [-0.2, 0) is 16.6 Å². The Balaban J connectivity index is 1.63. The van der Waals surface area contributed by atoms with Gasteiger partial charge in [0.1, 0.15) is 0 Å². The summed E-state index contributed by atoms with van der Waals surface area (Å²) in [5.74, 6) is 1.44. The number of rotatable bonds is 5. The lowest BCUT2D eigenvalue weighted by atomic mass is 9.83. The largest absolute Gasteiger partial charge is 0.454 e. The maximum absolute atomic E-state index is 12.6. The number of carbonyl (C=O) groups is 1. The molecule has 0 radical (unpaired) electrons. The number of nitrogens with one attached hydrogen (secondary N) is 1. The van der Waals surface area contributed by atoms with Crippen molar-refractivity contribution >= 4 is 5.91 Å². The van der Waals surface area contributed by atoms with Gasteiger partial charge in [0.05, 0.1) is 5.41 Å². The Morgan fingerprint density at radius 3 is 2.61 bits per heavy atom. The first-order valence-electron chi connectivity index (χ1n) is 7.80. The Kier molecular flexibility index (Phi) is 4.24. The molecule has 1 aliphatic heterocycles. The molecule has 0 saturated heterocycles. The van der Waals surface area contributed by atoms with Crippen LogP contribution in [0.2, 0.25) is 0 Å². The normalized spacial score (nSPS) is 13.0. The summed E-state index contributed by atoms with van der Waals surface area (Å²) in [5.41, 5.74) is 1.50. The van der Waals surface area contributed by atoms with E-state index in [1.54, 1.807) is 0 Å². The molecule has 0 aliphatic carbocycles. The van der Waals surface area contributed by atoms with E-state index in [2.05, 4.69) is 17.4 Å².